The first-order chi connectivity index (χ1) is 10.1. The van der Waals surface area contributed by atoms with Crippen molar-refractivity contribution in [2.75, 3.05) is 14.2 Å². The molecule has 21 heavy (non-hydrogen) atoms. The molecule has 0 aliphatic carbocycles. The molecule has 0 aliphatic heterocycles. The number of nitrogens with zero attached hydrogens (tertiary/aromatic N) is 3. The maximum absolute atomic E-state index is 13.5. The molecule has 0 fully saturated rings. The topological polar surface area (TPSA) is 86.2 Å². The minimum absolute atomic E-state index is 0.0115. The molecule has 0 unspecified atom stereocenters. The van der Waals surface area contributed by atoms with Gasteiger partial charge in [-0.1, -0.05) is 12.1 Å². The Morgan fingerprint density at radius 2 is 1.76 bits per heavy atom. The van der Waals surface area contributed by atoms with Crippen molar-refractivity contribution >= 4 is 5.91 Å². The molecule has 0 bridgehead atoms. The number of hydrogen-bond acceptors (Lipinski definition) is 6. The molecule has 2 aromatic rings. The van der Waals surface area contributed by atoms with Gasteiger partial charge in [0.1, 0.15) is 5.82 Å². The number of carbonyl (C=O) groups is 1. The van der Waals surface area contributed by atoms with Gasteiger partial charge in [0.15, 0.2) is 5.82 Å². The maximum Gasteiger partial charge on any atom is 0.322 e. The van der Waals surface area contributed by atoms with Gasteiger partial charge in [-0.25, -0.2) is 4.39 Å². The van der Waals surface area contributed by atoms with E-state index >= 15 is 0 Å². The van der Waals surface area contributed by atoms with Crippen molar-refractivity contribution in [2.45, 2.75) is 6.54 Å². The van der Waals surface area contributed by atoms with Crippen LogP contribution in [0.3, 0.4) is 0 Å². The molecule has 0 atom stereocenters. The molecular formula is C13H13FN4O3. The van der Waals surface area contributed by atoms with Crippen LogP contribution in [0.1, 0.15) is 16.2 Å². The SMILES string of the molecule is COc1nc(CNC(=O)c2ccccc2F)nc(OC)n1. The molecule has 1 N–H and O–H groups in total. The van der Waals surface area contributed by atoms with Crippen molar-refractivity contribution in [3.8, 4) is 12.0 Å². The third-order valence-corrected chi connectivity index (χ3v) is 2.53. The molecule has 0 spiro atoms. The average Bonchev–Trinajstić information content (AvgIpc) is 2.52. The van der Waals surface area contributed by atoms with Gasteiger partial charge in [0, 0.05) is 0 Å². The van der Waals surface area contributed by atoms with Crippen molar-refractivity contribution in [3.05, 3.63) is 41.5 Å². The van der Waals surface area contributed by atoms with Crippen LogP contribution in [0, 0.1) is 5.82 Å². The summed E-state index contributed by atoms with van der Waals surface area (Å²) >= 11 is 0. The zero-order chi connectivity index (χ0) is 15.2. The Morgan fingerprint density at radius 1 is 1.14 bits per heavy atom. The summed E-state index contributed by atoms with van der Waals surface area (Å²) in [5, 5.41) is 2.52. The third kappa shape index (κ3) is 3.62. The normalized spacial score (nSPS) is 10.0. The van der Waals surface area contributed by atoms with Crippen LogP contribution in [0.5, 0.6) is 12.0 Å². The predicted molar refractivity (Wildman–Crippen MR) is 70.5 cm³/mol. The number of benzene rings is 1. The van der Waals surface area contributed by atoms with Crippen LogP contribution in [-0.4, -0.2) is 35.1 Å². The fraction of sp³-hybridized carbons (Fsp3) is 0.231. The summed E-state index contributed by atoms with van der Waals surface area (Å²) in [5.41, 5.74) is -0.0505. The van der Waals surface area contributed by atoms with Crippen molar-refractivity contribution in [2.24, 2.45) is 0 Å². The molecule has 0 saturated carbocycles. The maximum atomic E-state index is 13.5. The number of methoxy groups -OCH3 is 2. The van der Waals surface area contributed by atoms with Crippen LogP contribution in [0.15, 0.2) is 24.3 Å². The molecule has 1 aromatic heterocycles. The Kier molecular flexibility index (Phi) is 4.60. The molecular weight excluding hydrogens is 279 g/mol. The number of aromatic nitrogens is 3. The van der Waals surface area contributed by atoms with Crippen LogP contribution >= 0.6 is 0 Å². The fourth-order valence-electron chi connectivity index (χ4n) is 1.54. The lowest BCUT2D eigenvalue weighted by atomic mass is 10.2. The number of amides is 1. The van der Waals surface area contributed by atoms with E-state index in [0.717, 1.165) is 0 Å². The summed E-state index contributed by atoms with van der Waals surface area (Å²) in [6, 6.07) is 5.82. The van der Waals surface area contributed by atoms with Crippen LogP contribution in [-0.2, 0) is 6.54 Å². The minimum atomic E-state index is -0.596. The molecule has 0 aliphatic rings. The summed E-state index contributed by atoms with van der Waals surface area (Å²) in [4.78, 5) is 23.6. The van der Waals surface area contributed by atoms with Gasteiger partial charge in [-0.3, -0.25) is 4.79 Å². The molecule has 2 rings (SSSR count). The van der Waals surface area contributed by atoms with Crippen molar-refractivity contribution < 1.29 is 18.7 Å². The second-order valence-electron chi connectivity index (χ2n) is 3.89. The Bertz CT molecular complexity index is 629. The van der Waals surface area contributed by atoms with E-state index in [1.54, 1.807) is 6.07 Å². The smallest absolute Gasteiger partial charge is 0.322 e. The summed E-state index contributed by atoms with van der Waals surface area (Å²) in [6.45, 7) is -0.0115. The summed E-state index contributed by atoms with van der Waals surface area (Å²) in [6.07, 6.45) is 0. The molecule has 0 saturated heterocycles. The largest absolute Gasteiger partial charge is 0.467 e. The zero-order valence-corrected chi connectivity index (χ0v) is 11.5. The van der Waals surface area contributed by atoms with Crippen LogP contribution in [0.25, 0.3) is 0 Å². The molecule has 8 heteroatoms. The van der Waals surface area contributed by atoms with Crippen LogP contribution in [0.2, 0.25) is 0 Å². The van der Waals surface area contributed by atoms with E-state index in [0.29, 0.717) is 0 Å². The van der Waals surface area contributed by atoms with E-state index in [-0.39, 0.29) is 30.0 Å². The van der Waals surface area contributed by atoms with E-state index in [1.807, 2.05) is 0 Å². The van der Waals surface area contributed by atoms with Gasteiger partial charge in [-0.2, -0.15) is 9.97 Å². The monoisotopic (exact) mass is 292 g/mol. The van der Waals surface area contributed by atoms with Crippen molar-refractivity contribution in [3.63, 3.8) is 0 Å². The van der Waals surface area contributed by atoms with Crippen molar-refractivity contribution in [1.29, 1.82) is 0 Å². The van der Waals surface area contributed by atoms with Gasteiger partial charge in [-0.05, 0) is 12.1 Å². The quantitative estimate of drug-likeness (QED) is 0.883. The second-order valence-corrected chi connectivity index (χ2v) is 3.89. The number of hydrogen-bond donors (Lipinski definition) is 1. The number of halogens is 1. The lowest BCUT2D eigenvalue weighted by Crippen LogP contribution is -2.25. The summed E-state index contributed by atoms with van der Waals surface area (Å²) in [7, 11) is 2.80. The first kappa shape index (κ1) is 14.6. The summed E-state index contributed by atoms with van der Waals surface area (Å²) < 4.78 is 23.2. The van der Waals surface area contributed by atoms with Gasteiger partial charge >= 0.3 is 12.0 Å². The van der Waals surface area contributed by atoms with E-state index in [2.05, 4.69) is 20.3 Å². The summed E-state index contributed by atoms with van der Waals surface area (Å²) in [5.74, 6) is -0.921. The highest BCUT2D eigenvalue weighted by molar-refractivity contribution is 5.94. The van der Waals surface area contributed by atoms with Crippen molar-refractivity contribution in [1.82, 2.24) is 20.3 Å². The Labute approximate surface area is 120 Å². The number of rotatable bonds is 5. The Morgan fingerprint density at radius 3 is 2.33 bits per heavy atom. The van der Waals surface area contributed by atoms with E-state index < -0.39 is 11.7 Å². The number of carbonyl (C=O) groups excluding carboxylic acids is 1. The fourth-order valence-corrected chi connectivity index (χ4v) is 1.54. The van der Waals surface area contributed by atoms with Crippen LogP contribution < -0.4 is 14.8 Å². The van der Waals surface area contributed by atoms with E-state index in [9.17, 15) is 9.18 Å². The number of ether oxygens (including phenoxy) is 2. The predicted octanol–water partition coefficient (Wildman–Crippen LogP) is 0.958. The molecule has 1 amide bonds. The Balaban J connectivity index is 2.09. The molecule has 1 aromatic carbocycles. The first-order valence-electron chi connectivity index (χ1n) is 5.99. The van der Waals surface area contributed by atoms with Gasteiger partial charge in [0.25, 0.3) is 5.91 Å². The standard InChI is InChI=1S/C13H13FN4O3/c1-20-12-16-10(17-13(18-12)21-2)7-15-11(19)8-5-3-4-6-9(8)14/h3-6H,7H2,1-2H3,(H,15,19). The molecule has 7 nitrogen and oxygen atoms in total. The highest BCUT2D eigenvalue weighted by atomic mass is 19.1. The second kappa shape index (κ2) is 6.60. The minimum Gasteiger partial charge on any atom is -0.467 e. The lowest BCUT2D eigenvalue weighted by Gasteiger charge is -2.07. The molecule has 0 radical (unpaired) electrons. The van der Waals surface area contributed by atoms with Gasteiger partial charge in [0.2, 0.25) is 0 Å². The Hall–Kier alpha value is -2.77. The van der Waals surface area contributed by atoms with Gasteiger partial charge < -0.3 is 14.8 Å². The molecule has 110 valence electrons. The highest BCUT2D eigenvalue weighted by Gasteiger charge is 2.12. The highest BCUT2D eigenvalue weighted by Crippen LogP contribution is 2.09. The number of nitrogens with one attached hydrogen (secondary N) is 1. The zero-order valence-electron chi connectivity index (χ0n) is 11.5. The molecule has 1 heterocycles. The lowest BCUT2D eigenvalue weighted by molar-refractivity contribution is 0.0945. The first-order valence-corrected chi connectivity index (χ1v) is 5.99. The van der Waals surface area contributed by atoms with Gasteiger partial charge in [0.05, 0.1) is 26.3 Å². The van der Waals surface area contributed by atoms with Gasteiger partial charge in [-0.15, -0.1) is 4.98 Å². The average molecular weight is 292 g/mol. The third-order valence-electron chi connectivity index (χ3n) is 2.53. The van der Waals surface area contributed by atoms with E-state index in [1.165, 1.54) is 32.4 Å². The van der Waals surface area contributed by atoms with E-state index in [4.69, 9.17) is 9.47 Å². The van der Waals surface area contributed by atoms with Crippen LogP contribution in [0.4, 0.5) is 4.39 Å².